The van der Waals surface area contributed by atoms with E-state index >= 15 is 0 Å². The van der Waals surface area contributed by atoms with Gasteiger partial charge in [-0.2, -0.15) is 0 Å². The van der Waals surface area contributed by atoms with Crippen molar-refractivity contribution in [3.8, 4) is 0 Å². The van der Waals surface area contributed by atoms with E-state index in [1.54, 1.807) is 12.1 Å². The van der Waals surface area contributed by atoms with E-state index in [0.717, 1.165) is 6.42 Å². The highest BCUT2D eigenvalue weighted by Gasteiger charge is 2.24. The maximum absolute atomic E-state index is 11.8. The molecule has 90 valence electrons. The van der Waals surface area contributed by atoms with Crippen molar-refractivity contribution < 1.29 is 14.7 Å². The third kappa shape index (κ3) is 2.08. The summed E-state index contributed by atoms with van der Waals surface area (Å²) in [4.78, 5) is 22.9. The summed E-state index contributed by atoms with van der Waals surface area (Å²) in [5, 5.41) is 14.9. The van der Waals surface area contributed by atoms with Crippen molar-refractivity contribution in [3.05, 3.63) is 23.8 Å². The zero-order chi connectivity index (χ0) is 12.4. The van der Waals surface area contributed by atoms with Crippen molar-refractivity contribution >= 4 is 23.3 Å². The largest absolute Gasteiger partial charge is 0.478 e. The van der Waals surface area contributed by atoms with Crippen LogP contribution in [0, 0.1) is 5.92 Å². The van der Waals surface area contributed by atoms with Crippen LogP contribution in [0.3, 0.4) is 0 Å². The molecule has 5 heteroatoms. The second kappa shape index (κ2) is 4.45. The minimum absolute atomic E-state index is 0.111. The first-order chi connectivity index (χ1) is 8.13. The number of anilines is 2. The molecule has 1 aromatic carbocycles. The number of benzene rings is 1. The molecule has 0 radical (unpaired) electrons. The molecule has 3 N–H and O–H groups in total. The zero-order valence-electron chi connectivity index (χ0n) is 9.49. The summed E-state index contributed by atoms with van der Waals surface area (Å²) >= 11 is 0. The Morgan fingerprint density at radius 1 is 1.53 bits per heavy atom. The molecule has 0 fully saturated rings. The third-order valence-corrected chi connectivity index (χ3v) is 2.95. The van der Waals surface area contributed by atoms with Gasteiger partial charge < -0.3 is 15.7 Å². The highest BCUT2D eigenvalue weighted by Crippen LogP contribution is 2.29. The number of carboxylic acids is 1. The van der Waals surface area contributed by atoms with Crippen LogP contribution >= 0.6 is 0 Å². The molecule has 1 aliphatic heterocycles. The van der Waals surface area contributed by atoms with Gasteiger partial charge in [0.15, 0.2) is 0 Å². The van der Waals surface area contributed by atoms with Crippen LogP contribution in [0.1, 0.15) is 23.7 Å². The minimum Gasteiger partial charge on any atom is -0.478 e. The summed E-state index contributed by atoms with van der Waals surface area (Å²) in [5.74, 6) is -1.31. The lowest BCUT2D eigenvalue weighted by Crippen LogP contribution is -2.25. The van der Waals surface area contributed by atoms with E-state index in [9.17, 15) is 9.59 Å². The van der Waals surface area contributed by atoms with E-state index in [4.69, 9.17) is 5.11 Å². The van der Waals surface area contributed by atoms with Crippen LogP contribution < -0.4 is 10.6 Å². The Morgan fingerprint density at radius 2 is 2.29 bits per heavy atom. The number of carbonyl (C=O) groups excluding carboxylic acids is 1. The van der Waals surface area contributed by atoms with Crippen molar-refractivity contribution in [1.82, 2.24) is 0 Å². The van der Waals surface area contributed by atoms with Gasteiger partial charge in [0.05, 0.1) is 22.9 Å². The van der Waals surface area contributed by atoms with E-state index < -0.39 is 5.97 Å². The molecule has 0 saturated carbocycles. The first-order valence-corrected chi connectivity index (χ1v) is 5.54. The number of fused-ring (bicyclic) bond motifs is 1. The van der Waals surface area contributed by atoms with E-state index in [0.29, 0.717) is 17.9 Å². The minimum atomic E-state index is -1.04. The topological polar surface area (TPSA) is 78.4 Å². The Balaban J connectivity index is 2.43. The lowest BCUT2D eigenvalue weighted by atomic mass is 10.1. The molecule has 0 saturated heterocycles. The molecule has 0 aliphatic carbocycles. The SMILES string of the molecule is CCC1CNc2cccc(C(=O)O)c2NC1=O. The van der Waals surface area contributed by atoms with Crippen molar-refractivity contribution in [2.45, 2.75) is 13.3 Å². The second-order valence-corrected chi connectivity index (χ2v) is 4.01. The van der Waals surface area contributed by atoms with E-state index in [1.165, 1.54) is 6.07 Å². The fraction of sp³-hybridized carbons (Fsp3) is 0.333. The Hall–Kier alpha value is -2.04. The maximum atomic E-state index is 11.8. The van der Waals surface area contributed by atoms with Crippen LogP contribution in [0.25, 0.3) is 0 Å². The van der Waals surface area contributed by atoms with E-state index in [2.05, 4.69) is 10.6 Å². The maximum Gasteiger partial charge on any atom is 0.337 e. The molecule has 0 aromatic heterocycles. The molecule has 1 aromatic rings. The van der Waals surface area contributed by atoms with Crippen LogP contribution in [0.15, 0.2) is 18.2 Å². The lowest BCUT2D eigenvalue weighted by Gasteiger charge is -2.10. The Morgan fingerprint density at radius 3 is 2.94 bits per heavy atom. The fourth-order valence-corrected chi connectivity index (χ4v) is 1.89. The summed E-state index contributed by atoms with van der Waals surface area (Å²) in [6, 6.07) is 4.91. The van der Waals surface area contributed by atoms with Gasteiger partial charge in [0, 0.05) is 6.54 Å². The average molecular weight is 234 g/mol. The molecule has 1 atom stereocenters. The molecule has 0 bridgehead atoms. The van der Waals surface area contributed by atoms with Crippen molar-refractivity contribution in [2.24, 2.45) is 5.92 Å². The van der Waals surface area contributed by atoms with Gasteiger partial charge in [0.2, 0.25) is 5.91 Å². The molecule has 1 amide bonds. The van der Waals surface area contributed by atoms with Gasteiger partial charge in [-0.1, -0.05) is 13.0 Å². The predicted octanol–water partition coefficient (Wildman–Crippen LogP) is 1.77. The lowest BCUT2D eigenvalue weighted by molar-refractivity contribution is -0.119. The van der Waals surface area contributed by atoms with Crippen molar-refractivity contribution in [3.63, 3.8) is 0 Å². The summed E-state index contributed by atoms with van der Waals surface area (Å²) in [6.07, 6.45) is 0.717. The summed E-state index contributed by atoms with van der Waals surface area (Å²) in [5.41, 5.74) is 1.13. The normalized spacial score (nSPS) is 18.6. The zero-order valence-corrected chi connectivity index (χ0v) is 9.49. The number of carbonyl (C=O) groups is 2. The van der Waals surface area contributed by atoms with Crippen LogP contribution in [0.5, 0.6) is 0 Å². The van der Waals surface area contributed by atoms with Gasteiger partial charge in [0.1, 0.15) is 0 Å². The number of hydrogen-bond donors (Lipinski definition) is 3. The summed E-state index contributed by atoms with van der Waals surface area (Å²) in [7, 11) is 0. The molecule has 17 heavy (non-hydrogen) atoms. The second-order valence-electron chi connectivity index (χ2n) is 4.01. The summed E-state index contributed by atoms with van der Waals surface area (Å²) < 4.78 is 0. The van der Waals surface area contributed by atoms with Gasteiger partial charge in [-0.25, -0.2) is 4.79 Å². The van der Waals surface area contributed by atoms with Crippen LogP contribution in [0.4, 0.5) is 11.4 Å². The highest BCUT2D eigenvalue weighted by molar-refractivity contribution is 6.05. The average Bonchev–Trinajstić information content (AvgIpc) is 2.46. The van der Waals surface area contributed by atoms with Gasteiger partial charge >= 0.3 is 5.97 Å². The van der Waals surface area contributed by atoms with Crippen LogP contribution in [-0.2, 0) is 4.79 Å². The van der Waals surface area contributed by atoms with Crippen LogP contribution in [-0.4, -0.2) is 23.5 Å². The fourth-order valence-electron chi connectivity index (χ4n) is 1.89. The predicted molar refractivity (Wildman–Crippen MR) is 64.3 cm³/mol. The number of aromatic carboxylic acids is 1. The molecule has 1 unspecified atom stereocenters. The number of nitrogens with one attached hydrogen (secondary N) is 2. The number of rotatable bonds is 2. The number of hydrogen-bond acceptors (Lipinski definition) is 3. The smallest absolute Gasteiger partial charge is 0.337 e. The van der Waals surface area contributed by atoms with Gasteiger partial charge in [-0.3, -0.25) is 4.79 Å². The first kappa shape index (κ1) is 11.4. The van der Waals surface area contributed by atoms with Crippen molar-refractivity contribution in [1.29, 1.82) is 0 Å². The highest BCUT2D eigenvalue weighted by atomic mass is 16.4. The van der Waals surface area contributed by atoms with E-state index in [-0.39, 0.29) is 17.4 Å². The molecule has 1 aliphatic rings. The standard InChI is InChI=1S/C12H14N2O3/c1-2-7-6-13-9-5-3-4-8(12(16)17)10(9)14-11(7)15/h3-5,7,13H,2,6H2,1H3,(H,14,15)(H,16,17). The van der Waals surface area contributed by atoms with Crippen LogP contribution in [0.2, 0.25) is 0 Å². The molecular formula is C12H14N2O3. The Labute approximate surface area is 98.8 Å². The quantitative estimate of drug-likeness (QED) is 0.728. The first-order valence-electron chi connectivity index (χ1n) is 5.54. The Kier molecular flexibility index (Phi) is 2.99. The van der Waals surface area contributed by atoms with Gasteiger partial charge in [-0.15, -0.1) is 0 Å². The third-order valence-electron chi connectivity index (χ3n) is 2.95. The molecule has 0 spiro atoms. The Bertz CT molecular complexity index is 471. The number of carboxylic acid groups (broad SMARTS) is 1. The molecular weight excluding hydrogens is 220 g/mol. The van der Waals surface area contributed by atoms with Gasteiger partial charge in [0.25, 0.3) is 0 Å². The van der Waals surface area contributed by atoms with E-state index in [1.807, 2.05) is 6.92 Å². The monoisotopic (exact) mass is 234 g/mol. The molecule has 1 heterocycles. The summed E-state index contributed by atoms with van der Waals surface area (Å²) in [6.45, 7) is 2.46. The van der Waals surface area contributed by atoms with Gasteiger partial charge in [-0.05, 0) is 18.6 Å². The molecule has 2 rings (SSSR count). The number of amides is 1. The number of para-hydroxylation sites is 1. The van der Waals surface area contributed by atoms with Crippen molar-refractivity contribution in [2.75, 3.05) is 17.2 Å². The molecule has 5 nitrogen and oxygen atoms in total.